The van der Waals surface area contributed by atoms with Crippen molar-refractivity contribution in [2.24, 2.45) is 0 Å². The molecule has 1 N–H and O–H groups in total. The van der Waals surface area contributed by atoms with E-state index in [2.05, 4.69) is 5.32 Å². The Kier molecular flexibility index (Phi) is 7.46. The van der Waals surface area contributed by atoms with Crippen molar-refractivity contribution >= 4 is 64.3 Å². The molecule has 0 spiro atoms. The summed E-state index contributed by atoms with van der Waals surface area (Å²) in [6.07, 6.45) is 0. The Bertz CT molecular complexity index is 882. The van der Waals surface area contributed by atoms with Gasteiger partial charge >= 0.3 is 5.97 Å². The Morgan fingerprint density at radius 2 is 1.88 bits per heavy atom. The molecule has 1 aromatic carbocycles. The fraction of sp³-hybridized carbons (Fsp3) is 0.550. The van der Waals surface area contributed by atoms with E-state index in [1.54, 1.807) is 45.0 Å². The summed E-state index contributed by atoms with van der Waals surface area (Å²) in [6, 6.07) is 7.87. The molecule has 2 aliphatic heterocycles. The van der Waals surface area contributed by atoms with Crippen molar-refractivity contribution in [1.82, 2.24) is 10.2 Å². The first-order valence-electron chi connectivity index (χ1n) is 9.78. The standard InChI is InChI=1S/C20H23Cl3N2O6S/c1-4-31-20(24-13(26)10-29-12-8-6-5-7-9-12)16(28)25-14(18(2,3)32-17(20)25)15(27)30-11-19(21,22)23/h5-9,14,17H,4,10-11H2,1-3H3,(H,24,26)/t14-,17+,20?/m0/s1. The number of nitrogens with zero attached hydrogens (tertiary/aromatic N) is 1. The molecule has 0 aliphatic carbocycles. The maximum Gasteiger partial charge on any atom is 0.330 e. The van der Waals surface area contributed by atoms with Gasteiger partial charge in [-0.3, -0.25) is 9.59 Å². The van der Waals surface area contributed by atoms with Gasteiger partial charge in [0.15, 0.2) is 6.61 Å². The van der Waals surface area contributed by atoms with Crippen LogP contribution in [-0.2, 0) is 23.9 Å². The van der Waals surface area contributed by atoms with Crippen LogP contribution in [0.5, 0.6) is 5.75 Å². The summed E-state index contributed by atoms with van der Waals surface area (Å²) >= 11 is 18.3. The quantitative estimate of drug-likeness (QED) is 0.241. The third kappa shape index (κ3) is 5.07. The highest BCUT2D eigenvalue weighted by Gasteiger charge is 2.73. The third-order valence-corrected chi connectivity index (χ3v) is 6.86. The minimum Gasteiger partial charge on any atom is -0.484 e. The molecule has 32 heavy (non-hydrogen) atoms. The van der Waals surface area contributed by atoms with Gasteiger partial charge in [0.05, 0.1) is 0 Å². The lowest BCUT2D eigenvalue weighted by Crippen LogP contribution is -2.80. The summed E-state index contributed by atoms with van der Waals surface area (Å²) in [5.74, 6) is -1.27. The fourth-order valence-electron chi connectivity index (χ4n) is 3.66. The van der Waals surface area contributed by atoms with Crippen molar-refractivity contribution < 1.29 is 28.6 Å². The van der Waals surface area contributed by atoms with E-state index in [4.69, 9.17) is 49.0 Å². The van der Waals surface area contributed by atoms with Crippen LogP contribution in [0.25, 0.3) is 0 Å². The lowest BCUT2D eigenvalue weighted by atomic mass is 9.93. The number of rotatable bonds is 8. The Morgan fingerprint density at radius 3 is 2.47 bits per heavy atom. The number of hydrogen-bond donors (Lipinski definition) is 1. The number of nitrogens with one attached hydrogen (secondary N) is 1. The van der Waals surface area contributed by atoms with Crippen LogP contribution in [-0.4, -0.2) is 68.2 Å². The monoisotopic (exact) mass is 524 g/mol. The molecular weight excluding hydrogens is 503 g/mol. The molecule has 0 bridgehead atoms. The highest BCUT2D eigenvalue weighted by atomic mass is 35.6. The smallest absolute Gasteiger partial charge is 0.330 e. The van der Waals surface area contributed by atoms with Gasteiger partial charge in [0.25, 0.3) is 17.5 Å². The summed E-state index contributed by atoms with van der Waals surface area (Å²) in [5.41, 5.74) is -1.61. The summed E-state index contributed by atoms with van der Waals surface area (Å²) in [7, 11) is 0. The molecule has 2 fully saturated rings. The normalized spacial score (nSPS) is 26.2. The molecule has 2 amide bonds. The number of alkyl halides is 3. The van der Waals surface area contributed by atoms with E-state index in [-0.39, 0.29) is 13.2 Å². The summed E-state index contributed by atoms with van der Waals surface area (Å²) in [6.45, 7) is 4.70. The van der Waals surface area contributed by atoms with E-state index in [1.165, 1.54) is 16.7 Å². The van der Waals surface area contributed by atoms with Crippen molar-refractivity contribution in [1.29, 1.82) is 0 Å². The maximum atomic E-state index is 13.2. The lowest BCUT2D eigenvalue weighted by Gasteiger charge is -2.52. The predicted octanol–water partition coefficient (Wildman–Crippen LogP) is 2.89. The van der Waals surface area contributed by atoms with Gasteiger partial charge in [-0.1, -0.05) is 53.0 Å². The van der Waals surface area contributed by atoms with Crippen molar-refractivity contribution in [2.75, 3.05) is 19.8 Å². The molecule has 12 heteroatoms. The molecule has 0 aromatic heterocycles. The summed E-state index contributed by atoms with van der Waals surface area (Å²) in [5, 5.41) is 2.02. The van der Waals surface area contributed by atoms with Crippen LogP contribution in [0.2, 0.25) is 0 Å². The number of carbonyl (C=O) groups excluding carboxylic acids is 3. The van der Waals surface area contributed by atoms with E-state index >= 15 is 0 Å². The molecule has 2 heterocycles. The Hall–Kier alpha value is -1.39. The number of ether oxygens (including phenoxy) is 3. The number of fused-ring (bicyclic) bond motifs is 1. The summed E-state index contributed by atoms with van der Waals surface area (Å²) in [4.78, 5) is 39.9. The van der Waals surface area contributed by atoms with E-state index < -0.39 is 50.1 Å². The zero-order valence-corrected chi connectivity index (χ0v) is 20.7. The molecule has 2 saturated heterocycles. The number of benzene rings is 1. The molecule has 2 aliphatic rings. The van der Waals surface area contributed by atoms with Crippen LogP contribution < -0.4 is 10.1 Å². The second-order valence-electron chi connectivity index (χ2n) is 7.73. The second kappa shape index (κ2) is 9.46. The summed E-state index contributed by atoms with van der Waals surface area (Å²) < 4.78 is 13.8. The zero-order chi connectivity index (χ0) is 23.7. The number of hydrogen-bond acceptors (Lipinski definition) is 7. The molecule has 1 unspecified atom stereocenters. The van der Waals surface area contributed by atoms with E-state index in [9.17, 15) is 14.4 Å². The first-order chi connectivity index (χ1) is 14.9. The maximum absolute atomic E-state index is 13.2. The van der Waals surface area contributed by atoms with E-state index in [0.717, 1.165) is 0 Å². The Labute approximate surface area is 205 Å². The Morgan fingerprint density at radius 1 is 1.22 bits per heavy atom. The number of carbonyl (C=O) groups is 3. The molecular formula is C20H23Cl3N2O6S. The molecule has 3 rings (SSSR count). The number of esters is 1. The fourth-order valence-corrected chi connectivity index (χ4v) is 5.47. The van der Waals surface area contributed by atoms with Crippen molar-refractivity contribution in [3.63, 3.8) is 0 Å². The molecule has 1 aromatic rings. The average Bonchev–Trinajstić information content (AvgIpc) is 2.99. The van der Waals surface area contributed by atoms with Gasteiger partial charge in [0.1, 0.15) is 23.8 Å². The number of halogens is 3. The zero-order valence-electron chi connectivity index (χ0n) is 17.6. The van der Waals surface area contributed by atoms with E-state index in [1.807, 2.05) is 6.07 Å². The Balaban J connectivity index is 1.73. The number of thioether (sulfide) groups is 1. The number of para-hydroxylation sites is 1. The molecule has 0 radical (unpaired) electrons. The van der Waals surface area contributed by atoms with Crippen molar-refractivity contribution in [2.45, 2.75) is 46.5 Å². The van der Waals surface area contributed by atoms with Gasteiger partial charge in [-0.15, -0.1) is 11.8 Å². The van der Waals surface area contributed by atoms with Crippen LogP contribution in [0.1, 0.15) is 20.8 Å². The highest BCUT2D eigenvalue weighted by Crippen LogP contribution is 2.55. The van der Waals surface area contributed by atoms with Gasteiger partial charge < -0.3 is 24.4 Å². The van der Waals surface area contributed by atoms with Crippen molar-refractivity contribution in [3.8, 4) is 5.75 Å². The SMILES string of the molecule is CCOC1(NC(=O)COc2ccccc2)C(=O)N2[C@@H](C(=O)OCC(Cl)(Cl)Cl)C(C)(C)S[C@@H]21. The molecule has 8 nitrogen and oxygen atoms in total. The average molecular weight is 526 g/mol. The van der Waals surface area contributed by atoms with Gasteiger partial charge in [-0.05, 0) is 32.9 Å². The van der Waals surface area contributed by atoms with Gasteiger partial charge in [0, 0.05) is 11.4 Å². The second-order valence-corrected chi connectivity index (χ2v) is 12.0. The number of amides is 2. The molecule has 0 saturated carbocycles. The van der Waals surface area contributed by atoms with Gasteiger partial charge in [0.2, 0.25) is 3.79 Å². The van der Waals surface area contributed by atoms with Crippen LogP contribution in [0.4, 0.5) is 0 Å². The highest BCUT2D eigenvalue weighted by molar-refractivity contribution is 8.01. The van der Waals surface area contributed by atoms with Crippen LogP contribution in [0.3, 0.4) is 0 Å². The van der Waals surface area contributed by atoms with E-state index in [0.29, 0.717) is 5.75 Å². The lowest BCUT2D eigenvalue weighted by molar-refractivity contribution is -0.206. The predicted molar refractivity (Wildman–Crippen MR) is 122 cm³/mol. The minimum atomic E-state index is -1.77. The van der Waals surface area contributed by atoms with Gasteiger partial charge in [-0.2, -0.15) is 0 Å². The van der Waals surface area contributed by atoms with Crippen molar-refractivity contribution in [3.05, 3.63) is 30.3 Å². The molecule has 176 valence electrons. The first kappa shape index (κ1) is 25.2. The van der Waals surface area contributed by atoms with Gasteiger partial charge in [-0.25, -0.2) is 4.79 Å². The third-order valence-electron chi connectivity index (χ3n) is 4.92. The largest absolute Gasteiger partial charge is 0.484 e. The number of β-lactam (4-membered cyclic amide) rings is 1. The van der Waals surface area contributed by atoms with Crippen LogP contribution in [0.15, 0.2) is 30.3 Å². The topological polar surface area (TPSA) is 94.2 Å². The first-order valence-corrected chi connectivity index (χ1v) is 11.8. The minimum absolute atomic E-state index is 0.166. The van der Waals surface area contributed by atoms with Crippen LogP contribution in [0, 0.1) is 0 Å². The molecule has 3 atom stereocenters. The van der Waals surface area contributed by atoms with Crippen LogP contribution >= 0.6 is 46.6 Å².